The third-order valence-corrected chi connectivity index (χ3v) is 4.29. The van der Waals surface area contributed by atoms with Gasteiger partial charge in [0, 0.05) is 6.20 Å². The minimum absolute atomic E-state index is 0.0182. The molecule has 2 rings (SSSR count). The summed E-state index contributed by atoms with van der Waals surface area (Å²) < 4.78 is 27.9. The summed E-state index contributed by atoms with van der Waals surface area (Å²) in [6.07, 6.45) is 1.57. The predicted molar refractivity (Wildman–Crippen MR) is 93.8 cm³/mol. The van der Waals surface area contributed by atoms with E-state index in [1.165, 1.54) is 12.1 Å². The van der Waals surface area contributed by atoms with Crippen molar-refractivity contribution < 1.29 is 17.9 Å². The Morgan fingerprint density at radius 1 is 1.28 bits per heavy atom. The first-order valence-corrected chi connectivity index (χ1v) is 9.14. The van der Waals surface area contributed by atoms with Crippen molar-refractivity contribution >= 4 is 21.7 Å². The molecule has 4 N–H and O–H groups in total. The number of carbonyl (C=O) groups excluding carboxylic acids is 1. The third-order valence-electron chi connectivity index (χ3n) is 3.36. The maximum absolute atomic E-state index is 12.2. The smallest absolute Gasteiger partial charge is 0.319 e. The second-order valence-corrected chi connectivity index (χ2v) is 6.78. The van der Waals surface area contributed by atoms with Crippen LogP contribution < -0.4 is 20.5 Å². The van der Waals surface area contributed by atoms with Gasteiger partial charge < -0.3 is 15.4 Å². The van der Waals surface area contributed by atoms with Gasteiger partial charge in [0.1, 0.15) is 5.69 Å². The van der Waals surface area contributed by atoms with Gasteiger partial charge in [-0.3, -0.25) is 0 Å². The summed E-state index contributed by atoms with van der Waals surface area (Å²) in [5, 5.41) is 10.5. The molecule has 9 heteroatoms. The lowest BCUT2D eigenvalue weighted by molar-refractivity contribution is 0.249. The number of amides is 2. The second kappa shape index (κ2) is 7.95. The quantitative estimate of drug-likeness (QED) is 0.723. The Labute approximate surface area is 146 Å². The van der Waals surface area contributed by atoms with E-state index < -0.39 is 16.1 Å². The van der Waals surface area contributed by atoms with Gasteiger partial charge in [-0.15, -0.1) is 0 Å². The number of nitrogens with one attached hydrogen (secondary N) is 2. The zero-order valence-corrected chi connectivity index (χ0v) is 14.7. The summed E-state index contributed by atoms with van der Waals surface area (Å²) >= 11 is 0. The molecule has 1 atom stereocenters. The highest BCUT2D eigenvalue weighted by atomic mass is 32.2. The summed E-state index contributed by atoms with van der Waals surface area (Å²) in [6, 6.07) is 8.58. The molecule has 0 saturated carbocycles. The van der Waals surface area contributed by atoms with E-state index in [1.54, 1.807) is 37.4 Å². The molecule has 2 aromatic rings. The van der Waals surface area contributed by atoms with Crippen molar-refractivity contribution in [2.75, 3.05) is 11.9 Å². The second-order valence-electron chi connectivity index (χ2n) is 5.22. The summed E-state index contributed by atoms with van der Waals surface area (Å²) in [5.74, 6) is 0.338. The standard InChI is InChI=1S/C16H20N4O4S/c1-3-24-15-14(5-4-10-18-15)20-16(21)19-11(2)12-6-8-13(9-7-12)25(17,22)23/h4-11H,3H2,1-2H3,(H2,17,22,23)(H2,19,20,21). The van der Waals surface area contributed by atoms with E-state index in [-0.39, 0.29) is 10.9 Å². The highest BCUT2D eigenvalue weighted by molar-refractivity contribution is 7.89. The lowest BCUT2D eigenvalue weighted by Crippen LogP contribution is -2.31. The number of sulfonamides is 1. The number of pyridine rings is 1. The average molecular weight is 364 g/mol. The van der Waals surface area contributed by atoms with Crippen LogP contribution in [0.1, 0.15) is 25.5 Å². The number of anilines is 1. The molecule has 1 aromatic heterocycles. The van der Waals surface area contributed by atoms with Gasteiger partial charge in [-0.1, -0.05) is 12.1 Å². The fraction of sp³-hybridized carbons (Fsp3) is 0.250. The van der Waals surface area contributed by atoms with Crippen LogP contribution in [-0.4, -0.2) is 26.0 Å². The monoisotopic (exact) mass is 364 g/mol. The van der Waals surface area contributed by atoms with Crippen molar-refractivity contribution in [2.45, 2.75) is 24.8 Å². The minimum Gasteiger partial charge on any atom is -0.476 e. The number of hydrogen-bond donors (Lipinski definition) is 3. The molecule has 0 bridgehead atoms. The number of nitrogens with zero attached hydrogens (tertiary/aromatic N) is 1. The number of benzene rings is 1. The van der Waals surface area contributed by atoms with Crippen LogP contribution in [0, 0.1) is 0 Å². The molecule has 0 fully saturated rings. The minimum atomic E-state index is -3.74. The number of ether oxygens (including phenoxy) is 1. The van der Waals surface area contributed by atoms with Gasteiger partial charge in [-0.25, -0.2) is 23.3 Å². The van der Waals surface area contributed by atoms with Crippen LogP contribution in [0.5, 0.6) is 5.88 Å². The number of carbonyl (C=O) groups is 1. The zero-order chi connectivity index (χ0) is 18.4. The summed E-state index contributed by atoms with van der Waals surface area (Å²) in [6.45, 7) is 4.03. The number of hydrogen-bond acceptors (Lipinski definition) is 5. The number of nitrogens with two attached hydrogens (primary N) is 1. The van der Waals surface area contributed by atoms with Gasteiger partial charge in [0.15, 0.2) is 0 Å². The summed E-state index contributed by atoms with van der Waals surface area (Å²) in [7, 11) is -3.74. The van der Waals surface area contributed by atoms with Gasteiger partial charge >= 0.3 is 6.03 Å². The van der Waals surface area contributed by atoms with Gasteiger partial charge in [-0.2, -0.15) is 0 Å². The van der Waals surface area contributed by atoms with Crippen molar-refractivity contribution in [1.82, 2.24) is 10.3 Å². The van der Waals surface area contributed by atoms with Crippen LogP contribution in [0.2, 0.25) is 0 Å². The van der Waals surface area contributed by atoms with Gasteiger partial charge in [-0.05, 0) is 43.7 Å². The fourth-order valence-electron chi connectivity index (χ4n) is 2.12. The van der Waals surface area contributed by atoms with Crippen LogP contribution in [0.4, 0.5) is 10.5 Å². The first-order chi connectivity index (χ1) is 11.8. The highest BCUT2D eigenvalue weighted by Gasteiger charge is 2.13. The van der Waals surface area contributed by atoms with Gasteiger partial charge in [0.05, 0.1) is 17.5 Å². The van der Waals surface area contributed by atoms with Gasteiger partial charge in [0.2, 0.25) is 15.9 Å². The Morgan fingerprint density at radius 3 is 2.56 bits per heavy atom. The molecule has 8 nitrogen and oxygen atoms in total. The lowest BCUT2D eigenvalue weighted by atomic mass is 10.1. The molecule has 0 aliphatic rings. The van der Waals surface area contributed by atoms with Crippen molar-refractivity contribution in [3.05, 3.63) is 48.2 Å². The summed E-state index contributed by atoms with van der Waals surface area (Å²) in [4.78, 5) is 16.2. The number of primary sulfonamides is 1. The van der Waals surface area contributed by atoms with E-state index in [4.69, 9.17) is 9.88 Å². The Bertz CT molecular complexity index is 837. The first-order valence-electron chi connectivity index (χ1n) is 7.59. The Balaban J connectivity index is 2.03. The molecule has 0 radical (unpaired) electrons. The van der Waals surface area contributed by atoms with E-state index in [2.05, 4.69) is 15.6 Å². The molecule has 1 aromatic carbocycles. The van der Waals surface area contributed by atoms with E-state index in [9.17, 15) is 13.2 Å². The molecule has 134 valence electrons. The summed E-state index contributed by atoms with van der Waals surface area (Å²) in [5.41, 5.74) is 1.19. The fourth-order valence-corrected chi connectivity index (χ4v) is 2.64. The number of aromatic nitrogens is 1. The Kier molecular flexibility index (Phi) is 5.94. The van der Waals surface area contributed by atoms with Crippen LogP contribution in [0.15, 0.2) is 47.5 Å². The molecule has 0 aliphatic carbocycles. The first kappa shape index (κ1) is 18.7. The molecule has 2 amide bonds. The van der Waals surface area contributed by atoms with Crippen LogP contribution in [-0.2, 0) is 10.0 Å². The third kappa shape index (κ3) is 5.16. The molecule has 0 aliphatic heterocycles. The largest absolute Gasteiger partial charge is 0.476 e. The van der Waals surface area contributed by atoms with Gasteiger partial charge in [0.25, 0.3) is 0 Å². The normalized spacial score (nSPS) is 12.3. The topological polar surface area (TPSA) is 123 Å². The Morgan fingerprint density at radius 2 is 1.96 bits per heavy atom. The molecule has 25 heavy (non-hydrogen) atoms. The van der Waals surface area contributed by atoms with Crippen molar-refractivity contribution in [1.29, 1.82) is 0 Å². The maximum atomic E-state index is 12.2. The van der Waals surface area contributed by atoms with Crippen LogP contribution in [0.25, 0.3) is 0 Å². The van der Waals surface area contributed by atoms with Crippen LogP contribution >= 0.6 is 0 Å². The van der Waals surface area contributed by atoms with E-state index in [1.807, 2.05) is 6.92 Å². The molecule has 1 heterocycles. The molecule has 0 spiro atoms. The molecular weight excluding hydrogens is 344 g/mol. The van der Waals surface area contributed by atoms with Crippen molar-refractivity contribution in [3.8, 4) is 5.88 Å². The van der Waals surface area contributed by atoms with Crippen LogP contribution in [0.3, 0.4) is 0 Å². The Hall–Kier alpha value is -2.65. The SMILES string of the molecule is CCOc1ncccc1NC(=O)NC(C)c1ccc(S(N)(=O)=O)cc1. The average Bonchev–Trinajstić information content (AvgIpc) is 2.56. The molecule has 1 unspecified atom stereocenters. The van der Waals surface area contributed by atoms with E-state index in [0.29, 0.717) is 18.2 Å². The highest BCUT2D eigenvalue weighted by Crippen LogP contribution is 2.21. The zero-order valence-electron chi connectivity index (χ0n) is 13.9. The van der Waals surface area contributed by atoms with E-state index >= 15 is 0 Å². The van der Waals surface area contributed by atoms with Crippen molar-refractivity contribution in [3.63, 3.8) is 0 Å². The van der Waals surface area contributed by atoms with Crippen molar-refractivity contribution in [2.24, 2.45) is 5.14 Å². The molecule has 0 saturated heterocycles. The lowest BCUT2D eigenvalue weighted by Gasteiger charge is -2.16. The predicted octanol–water partition coefficient (Wildman–Crippen LogP) is 2.01. The maximum Gasteiger partial charge on any atom is 0.319 e. The van der Waals surface area contributed by atoms with E-state index in [0.717, 1.165) is 5.56 Å². The number of rotatable bonds is 6. The number of urea groups is 1. The molecular formula is C16H20N4O4S.